The van der Waals surface area contributed by atoms with Gasteiger partial charge in [-0.2, -0.15) is 4.98 Å². The number of carbonyl (C=O) groups excluding carboxylic acids is 2. The van der Waals surface area contributed by atoms with Gasteiger partial charge in [0.15, 0.2) is 5.82 Å². The molecule has 142 valence electrons. The standard InChI is InChI=1S/C19H23N5O3/c1-23(2)16-10-20-11-17(22-16)27-15-8-9-24(13-15)18(25)12-21-19(26)14-6-4-3-5-7-14/h3-7,10-11,15H,8-9,12-13H2,1-2H3,(H,21,26). The van der Waals surface area contributed by atoms with E-state index in [1.807, 2.05) is 25.1 Å². The molecule has 0 bridgehead atoms. The minimum Gasteiger partial charge on any atom is -0.471 e. The molecule has 0 saturated carbocycles. The molecule has 8 nitrogen and oxygen atoms in total. The van der Waals surface area contributed by atoms with Crippen molar-refractivity contribution in [3.05, 3.63) is 48.3 Å². The summed E-state index contributed by atoms with van der Waals surface area (Å²) < 4.78 is 5.86. The van der Waals surface area contributed by atoms with E-state index in [9.17, 15) is 9.59 Å². The molecule has 27 heavy (non-hydrogen) atoms. The highest BCUT2D eigenvalue weighted by Gasteiger charge is 2.28. The average Bonchev–Trinajstić information content (AvgIpc) is 3.15. The van der Waals surface area contributed by atoms with E-state index in [1.54, 1.807) is 41.6 Å². The Labute approximate surface area is 158 Å². The van der Waals surface area contributed by atoms with Gasteiger partial charge < -0.3 is 19.9 Å². The lowest BCUT2D eigenvalue weighted by atomic mass is 10.2. The van der Waals surface area contributed by atoms with Gasteiger partial charge >= 0.3 is 0 Å². The van der Waals surface area contributed by atoms with Crippen LogP contribution in [0.1, 0.15) is 16.8 Å². The van der Waals surface area contributed by atoms with Crippen LogP contribution in [0.4, 0.5) is 5.82 Å². The zero-order chi connectivity index (χ0) is 19.2. The summed E-state index contributed by atoms with van der Waals surface area (Å²) in [6.07, 6.45) is 3.81. The predicted octanol–water partition coefficient (Wildman–Crippen LogP) is 0.952. The molecule has 1 aromatic carbocycles. The van der Waals surface area contributed by atoms with Crippen LogP contribution in [0.5, 0.6) is 5.88 Å². The molecule has 1 aromatic heterocycles. The molecule has 2 heterocycles. The summed E-state index contributed by atoms with van der Waals surface area (Å²) in [6.45, 7) is 1.02. The van der Waals surface area contributed by atoms with E-state index in [2.05, 4.69) is 15.3 Å². The molecule has 0 radical (unpaired) electrons. The second kappa shape index (κ2) is 8.48. The van der Waals surface area contributed by atoms with Gasteiger partial charge in [0.1, 0.15) is 6.10 Å². The third-order valence-electron chi connectivity index (χ3n) is 4.28. The van der Waals surface area contributed by atoms with Gasteiger partial charge in [0.25, 0.3) is 5.91 Å². The van der Waals surface area contributed by atoms with Crippen molar-refractivity contribution in [3.8, 4) is 5.88 Å². The number of aromatic nitrogens is 2. The summed E-state index contributed by atoms with van der Waals surface area (Å²) in [5.74, 6) is 0.769. The van der Waals surface area contributed by atoms with Gasteiger partial charge in [0, 0.05) is 32.6 Å². The zero-order valence-electron chi connectivity index (χ0n) is 15.5. The number of carbonyl (C=O) groups is 2. The van der Waals surface area contributed by atoms with Crippen molar-refractivity contribution in [2.24, 2.45) is 0 Å². The van der Waals surface area contributed by atoms with Gasteiger partial charge in [0.05, 0.1) is 25.5 Å². The molecule has 1 aliphatic rings. The lowest BCUT2D eigenvalue weighted by Crippen LogP contribution is -2.39. The van der Waals surface area contributed by atoms with E-state index >= 15 is 0 Å². The van der Waals surface area contributed by atoms with Crippen LogP contribution in [0.2, 0.25) is 0 Å². The first-order valence-electron chi connectivity index (χ1n) is 8.80. The molecule has 0 aliphatic carbocycles. The van der Waals surface area contributed by atoms with Crippen LogP contribution in [0.3, 0.4) is 0 Å². The van der Waals surface area contributed by atoms with E-state index in [1.165, 1.54) is 0 Å². The van der Waals surface area contributed by atoms with Gasteiger partial charge in [0.2, 0.25) is 11.8 Å². The molecule has 1 N–H and O–H groups in total. The Hall–Kier alpha value is -3.16. The molecule has 1 saturated heterocycles. The Bertz CT molecular complexity index is 797. The first kappa shape index (κ1) is 18.6. The fourth-order valence-electron chi connectivity index (χ4n) is 2.79. The summed E-state index contributed by atoms with van der Waals surface area (Å²) in [4.78, 5) is 36.4. The maximum atomic E-state index is 12.3. The van der Waals surface area contributed by atoms with Crippen molar-refractivity contribution in [3.63, 3.8) is 0 Å². The Kier molecular flexibility index (Phi) is 5.85. The van der Waals surface area contributed by atoms with E-state index in [0.717, 1.165) is 0 Å². The Balaban J connectivity index is 1.48. The van der Waals surface area contributed by atoms with Crippen molar-refractivity contribution in [2.45, 2.75) is 12.5 Å². The van der Waals surface area contributed by atoms with Crippen LogP contribution in [0.15, 0.2) is 42.7 Å². The summed E-state index contributed by atoms with van der Waals surface area (Å²) in [6, 6.07) is 8.83. The highest BCUT2D eigenvalue weighted by Crippen LogP contribution is 2.18. The Morgan fingerprint density at radius 3 is 2.78 bits per heavy atom. The number of hydrogen-bond acceptors (Lipinski definition) is 6. The lowest BCUT2D eigenvalue weighted by molar-refractivity contribution is -0.129. The molecular weight excluding hydrogens is 346 g/mol. The Morgan fingerprint density at radius 2 is 2.04 bits per heavy atom. The smallest absolute Gasteiger partial charge is 0.251 e. The minimum atomic E-state index is -0.258. The second-order valence-corrected chi connectivity index (χ2v) is 6.53. The average molecular weight is 369 g/mol. The highest BCUT2D eigenvalue weighted by molar-refractivity contribution is 5.96. The number of nitrogens with one attached hydrogen (secondary N) is 1. The number of hydrogen-bond donors (Lipinski definition) is 1. The monoisotopic (exact) mass is 369 g/mol. The molecule has 1 aliphatic heterocycles. The summed E-state index contributed by atoms with van der Waals surface area (Å²) in [7, 11) is 3.76. The van der Waals surface area contributed by atoms with Gasteiger partial charge in [-0.05, 0) is 12.1 Å². The quantitative estimate of drug-likeness (QED) is 0.816. The molecule has 2 aromatic rings. The number of likely N-dealkylation sites (tertiary alicyclic amines) is 1. The minimum absolute atomic E-state index is 0.0314. The summed E-state index contributed by atoms with van der Waals surface area (Å²) in [5.41, 5.74) is 0.535. The third-order valence-corrected chi connectivity index (χ3v) is 4.28. The SMILES string of the molecule is CN(C)c1cncc(OC2CCN(C(=O)CNC(=O)c3ccccc3)C2)n1. The first-order chi connectivity index (χ1) is 13.0. The number of benzene rings is 1. The molecule has 0 spiro atoms. The van der Waals surface area contributed by atoms with Crippen LogP contribution in [0.25, 0.3) is 0 Å². The lowest BCUT2D eigenvalue weighted by Gasteiger charge is -2.18. The number of rotatable bonds is 6. The second-order valence-electron chi connectivity index (χ2n) is 6.53. The number of nitrogens with zero attached hydrogens (tertiary/aromatic N) is 4. The maximum absolute atomic E-state index is 12.3. The molecule has 3 rings (SSSR count). The maximum Gasteiger partial charge on any atom is 0.251 e. The van der Waals surface area contributed by atoms with Crippen molar-refractivity contribution >= 4 is 17.6 Å². The normalized spacial score (nSPS) is 16.1. The molecule has 1 atom stereocenters. The van der Waals surface area contributed by atoms with E-state index < -0.39 is 0 Å². The highest BCUT2D eigenvalue weighted by atomic mass is 16.5. The Morgan fingerprint density at radius 1 is 1.26 bits per heavy atom. The first-order valence-corrected chi connectivity index (χ1v) is 8.80. The van der Waals surface area contributed by atoms with Crippen molar-refractivity contribution in [2.75, 3.05) is 38.6 Å². The van der Waals surface area contributed by atoms with E-state index in [0.29, 0.717) is 36.8 Å². The zero-order valence-corrected chi connectivity index (χ0v) is 15.5. The topological polar surface area (TPSA) is 87.7 Å². The number of anilines is 1. The van der Waals surface area contributed by atoms with Crippen molar-refractivity contribution < 1.29 is 14.3 Å². The third kappa shape index (κ3) is 4.93. The van der Waals surface area contributed by atoms with Crippen molar-refractivity contribution in [1.29, 1.82) is 0 Å². The molecule has 1 unspecified atom stereocenters. The molecule has 1 fully saturated rings. The fourth-order valence-corrected chi connectivity index (χ4v) is 2.79. The molecular formula is C19H23N5O3. The predicted molar refractivity (Wildman–Crippen MR) is 101 cm³/mol. The van der Waals surface area contributed by atoms with Crippen LogP contribution in [-0.2, 0) is 4.79 Å². The van der Waals surface area contributed by atoms with E-state index in [4.69, 9.17) is 4.74 Å². The van der Waals surface area contributed by atoms with Crippen LogP contribution < -0.4 is 15.0 Å². The summed E-state index contributed by atoms with van der Waals surface area (Å²) in [5, 5.41) is 2.66. The van der Waals surface area contributed by atoms with Crippen molar-refractivity contribution in [1.82, 2.24) is 20.2 Å². The van der Waals surface area contributed by atoms with Gasteiger partial charge in [-0.3, -0.25) is 14.6 Å². The number of ether oxygens (including phenoxy) is 1. The van der Waals surface area contributed by atoms with Gasteiger partial charge in [-0.15, -0.1) is 0 Å². The molecule has 8 heteroatoms. The van der Waals surface area contributed by atoms with Crippen LogP contribution in [-0.4, -0.2) is 66.5 Å². The van der Waals surface area contributed by atoms with Gasteiger partial charge in [-0.1, -0.05) is 18.2 Å². The van der Waals surface area contributed by atoms with Crippen LogP contribution in [0, 0.1) is 0 Å². The summed E-state index contributed by atoms with van der Waals surface area (Å²) >= 11 is 0. The fraction of sp³-hybridized carbons (Fsp3) is 0.368. The largest absolute Gasteiger partial charge is 0.471 e. The molecule has 2 amide bonds. The van der Waals surface area contributed by atoms with E-state index in [-0.39, 0.29) is 24.5 Å². The van der Waals surface area contributed by atoms with Gasteiger partial charge in [-0.25, -0.2) is 0 Å². The van der Waals surface area contributed by atoms with Crippen LogP contribution >= 0.6 is 0 Å². The number of amides is 2.